The Balaban J connectivity index is 1.57. The van der Waals surface area contributed by atoms with E-state index in [0.29, 0.717) is 41.7 Å². The van der Waals surface area contributed by atoms with E-state index in [9.17, 15) is 14.4 Å². The number of nitrogens with zero attached hydrogens (tertiary/aromatic N) is 1. The van der Waals surface area contributed by atoms with E-state index in [-0.39, 0.29) is 5.57 Å². The summed E-state index contributed by atoms with van der Waals surface area (Å²) in [5.74, 6) is 0.0639. The van der Waals surface area contributed by atoms with Crippen molar-refractivity contribution in [3.05, 3.63) is 89.5 Å². The number of carbonyl (C=O) groups is 3. The first kappa shape index (κ1) is 23.6. The zero-order valence-corrected chi connectivity index (χ0v) is 19.3. The van der Waals surface area contributed by atoms with Crippen molar-refractivity contribution in [1.29, 1.82) is 0 Å². The minimum Gasteiger partial charge on any atom is -0.494 e. The molecule has 0 radical (unpaired) electrons. The van der Waals surface area contributed by atoms with Crippen LogP contribution in [0.5, 0.6) is 17.2 Å². The number of methoxy groups -OCH3 is 1. The van der Waals surface area contributed by atoms with Gasteiger partial charge in [0.2, 0.25) is 0 Å². The highest BCUT2D eigenvalue weighted by molar-refractivity contribution is 6.39. The number of anilines is 1. The fourth-order valence-electron chi connectivity index (χ4n) is 3.55. The van der Waals surface area contributed by atoms with Crippen LogP contribution in [0.15, 0.2) is 78.4 Å². The maximum absolute atomic E-state index is 13.1. The van der Waals surface area contributed by atoms with Gasteiger partial charge in [0.15, 0.2) is 11.5 Å². The van der Waals surface area contributed by atoms with Gasteiger partial charge in [-0.15, -0.1) is 0 Å². The standard InChI is InChI=1S/C27H24N2O6/c1-3-34-21-12-10-20(11-13-21)29-26(31)22(25(30)28-27(29)32)15-19-9-14-23(24(16-19)33-2)35-17-18-7-5-4-6-8-18/h4-16H,3,17H2,1-2H3,(H,28,30,32)/b22-15+. The summed E-state index contributed by atoms with van der Waals surface area (Å²) in [6, 6.07) is 20.4. The minimum atomic E-state index is -0.816. The molecule has 4 rings (SSSR count). The van der Waals surface area contributed by atoms with Crippen LogP contribution in [0, 0.1) is 0 Å². The van der Waals surface area contributed by atoms with E-state index in [1.807, 2.05) is 37.3 Å². The molecular weight excluding hydrogens is 448 g/mol. The number of barbiturate groups is 1. The van der Waals surface area contributed by atoms with Crippen molar-refractivity contribution in [3.8, 4) is 17.2 Å². The molecule has 8 heteroatoms. The van der Waals surface area contributed by atoms with Gasteiger partial charge in [0.1, 0.15) is 17.9 Å². The van der Waals surface area contributed by atoms with E-state index in [0.717, 1.165) is 10.5 Å². The highest BCUT2D eigenvalue weighted by Crippen LogP contribution is 2.31. The fourth-order valence-corrected chi connectivity index (χ4v) is 3.55. The summed E-state index contributed by atoms with van der Waals surface area (Å²) in [6.07, 6.45) is 1.41. The van der Waals surface area contributed by atoms with Crippen LogP contribution in [0.2, 0.25) is 0 Å². The normalized spacial score (nSPS) is 14.6. The monoisotopic (exact) mass is 472 g/mol. The van der Waals surface area contributed by atoms with Crippen molar-refractivity contribution in [3.63, 3.8) is 0 Å². The number of imide groups is 2. The summed E-state index contributed by atoms with van der Waals surface area (Å²) < 4.78 is 16.7. The Labute approximate surface area is 202 Å². The third-order valence-electron chi connectivity index (χ3n) is 5.24. The number of urea groups is 1. The second-order valence-corrected chi connectivity index (χ2v) is 7.57. The first-order valence-corrected chi connectivity index (χ1v) is 11.0. The molecule has 3 aromatic carbocycles. The first-order valence-electron chi connectivity index (χ1n) is 11.0. The lowest BCUT2D eigenvalue weighted by Gasteiger charge is -2.26. The second-order valence-electron chi connectivity index (χ2n) is 7.57. The number of ether oxygens (including phenoxy) is 3. The van der Waals surface area contributed by atoms with E-state index < -0.39 is 17.8 Å². The van der Waals surface area contributed by atoms with Crippen molar-refractivity contribution in [2.45, 2.75) is 13.5 Å². The molecular formula is C27H24N2O6. The summed E-state index contributed by atoms with van der Waals surface area (Å²) in [4.78, 5) is 39.0. The van der Waals surface area contributed by atoms with Gasteiger partial charge >= 0.3 is 6.03 Å². The van der Waals surface area contributed by atoms with E-state index in [1.54, 1.807) is 42.5 Å². The topological polar surface area (TPSA) is 94.2 Å². The lowest BCUT2D eigenvalue weighted by Crippen LogP contribution is -2.54. The summed E-state index contributed by atoms with van der Waals surface area (Å²) in [6.45, 7) is 2.70. The summed E-state index contributed by atoms with van der Waals surface area (Å²) >= 11 is 0. The number of rotatable bonds is 8. The average Bonchev–Trinajstić information content (AvgIpc) is 2.87. The zero-order valence-electron chi connectivity index (χ0n) is 19.3. The molecule has 3 aromatic rings. The average molecular weight is 472 g/mol. The molecule has 0 bridgehead atoms. The molecule has 0 aliphatic carbocycles. The molecule has 0 saturated carbocycles. The van der Waals surface area contributed by atoms with Crippen LogP contribution >= 0.6 is 0 Å². The Kier molecular flexibility index (Phi) is 7.11. The summed E-state index contributed by atoms with van der Waals surface area (Å²) in [7, 11) is 1.51. The van der Waals surface area contributed by atoms with Crippen molar-refractivity contribution < 1.29 is 28.6 Å². The molecule has 0 atom stereocenters. The number of hydrogen-bond donors (Lipinski definition) is 1. The molecule has 1 aliphatic heterocycles. The van der Waals surface area contributed by atoms with Gasteiger partial charge in [0.05, 0.1) is 19.4 Å². The lowest BCUT2D eigenvalue weighted by molar-refractivity contribution is -0.122. The minimum absolute atomic E-state index is 0.182. The molecule has 1 heterocycles. The maximum Gasteiger partial charge on any atom is 0.335 e. The van der Waals surface area contributed by atoms with Crippen LogP contribution in [0.3, 0.4) is 0 Å². The van der Waals surface area contributed by atoms with Gasteiger partial charge in [-0.2, -0.15) is 0 Å². The van der Waals surface area contributed by atoms with Crippen molar-refractivity contribution in [1.82, 2.24) is 5.32 Å². The summed E-state index contributed by atoms with van der Waals surface area (Å²) in [5, 5.41) is 2.22. The molecule has 178 valence electrons. The maximum atomic E-state index is 13.1. The Morgan fingerprint density at radius 2 is 1.63 bits per heavy atom. The van der Waals surface area contributed by atoms with Crippen molar-refractivity contribution in [2.75, 3.05) is 18.6 Å². The van der Waals surface area contributed by atoms with Crippen molar-refractivity contribution in [2.24, 2.45) is 0 Å². The van der Waals surface area contributed by atoms with E-state index in [4.69, 9.17) is 14.2 Å². The quantitative estimate of drug-likeness (QED) is 0.387. The van der Waals surface area contributed by atoms with Gasteiger partial charge in [-0.1, -0.05) is 36.4 Å². The van der Waals surface area contributed by atoms with Gasteiger partial charge in [-0.25, -0.2) is 9.69 Å². The molecule has 8 nitrogen and oxygen atoms in total. The van der Waals surface area contributed by atoms with E-state index in [1.165, 1.54) is 13.2 Å². The highest BCUT2D eigenvalue weighted by Gasteiger charge is 2.36. The van der Waals surface area contributed by atoms with Crippen LogP contribution in [-0.2, 0) is 16.2 Å². The van der Waals surface area contributed by atoms with Gasteiger partial charge in [0.25, 0.3) is 11.8 Å². The molecule has 0 aromatic heterocycles. The summed E-state index contributed by atoms with van der Waals surface area (Å²) in [5.41, 5.74) is 1.67. The van der Waals surface area contributed by atoms with E-state index >= 15 is 0 Å². The SMILES string of the molecule is CCOc1ccc(N2C(=O)NC(=O)/C(=C\c3ccc(OCc4ccccc4)c(OC)c3)C2=O)cc1. The first-order chi connectivity index (χ1) is 17.0. The highest BCUT2D eigenvalue weighted by atomic mass is 16.5. The Morgan fingerprint density at radius 3 is 2.31 bits per heavy atom. The van der Waals surface area contributed by atoms with Gasteiger partial charge < -0.3 is 14.2 Å². The molecule has 1 aliphatic rings. The van der Waals surface area contributed by atoms with Crippen LogP contribution in [-0.4, -0.2) is 31.6 Å². The molecule has 1 saturated heterocycles. The lowest BCUT2D eigenvalue weighted by atomic mass is 10.1. The Hall–Kier alpha value is -4.59. The number of carbonyl (C=O) groups excluding carboxylic acids is 3. The smallest absolute Gasteiger partial charge is 0.335 e. The fraction of sp³-hybridized carbons (Fsp3) is 0.148. The number of benzene rings is 3. The van der Waals surface area contributed by atoms with Crippen LogP contribution in [0.4, 0.5) is 10.5 Å². The van der Waals surface area contributed by atoms with Gasteiger partial charge in [0, 0.05) is 0 Å². The molecule has 0 spiro atoms. The van der Waals surface area contributed by atoms with Crippen LogP contribution < -0.4 is 24.4 Å². The predicted octanol–water partition coefficient (Wildman–Crippen LogP) is 4.34. The van der Waals surface area contributed by atoms with Crippen LogP contribution in [0.25, 0.3) is 6.08 Å². The molecule has 4 amide bonds. The third-order valence-corrected chi connectivity index (χ3v) is 5.24. The number of amides is 4. The second kappa shape index (κ2) is 10.6. The van der Waals surface area contributed by atoms with E-state index in [2.05, 4.69) is 5.32 Å². The predicted molar refractivity (Wildman–Crippen MR) is 130 cm³/mol. The Morgan fingerprint density at radius 1 is 0.886 bits per heavy atom. The zero-order chi connectivity index (χ0) is 24.8. The molecule has 1 N–H and O–H groups in total. The number of hydrogen-bond acceptors (Lipinski definition) is 6. The Bertz CT molecular complexity index is 1270. The van der Waals surface area contributed by atoms with Gasteiger partial charge in [-0.05, 0) is 60.5 Å². The number of nitrogens with one attached hydrogen (secondary N) is 1. The van der Waals surface area contributed by atoms with Gasteiger partial charge in [-0.3, -0.25) is 14.9 Å². The molecule has 0 unspecified atom stereocenters. The van der Waals surface area contributed by atoms with Crippen LogP contribution in [0.1, 0.15) is 18.1 Å². The van der Waals surface area contributed by atoms with Crippen molar-refractivity contribution >= 4 is 29.6 Å². The molecule has 35 heavy (non-hydrogen) atoms. The third kappa shape index (κ3) is 5.33. The molecule has 1 fully saturated rings. The largest absolute Gasteiger partial charge is 0.494 e.